The first-order valence-corrected chi connectivity index (χ1v) is 10.5. The zero-order valence-corrected chi connectivity index (χ0v) is 18.1. The van der Waals surface area contributed by atoms with Gasteiger partial charge >= 0.3 is 0 Å². The minimum atomic E-state index is 0.0188. The minimum absolute atomic E-state index is 0.0188. The third-order valence-electron chi connectivity index (χ3n) is 5.45. The van der Waals surface area contributed by atoms with Crippen molar-refractivity contribution >= 4 is 17.3 Å². The second-order valence-corrected chi connectivity index (χ2v) is 8.43. The van der Waals surface area contributed by atoms with E-state index in [1.807, 2.05) is 30.6 Å². The van der Waals surface area contributed by atoms with Crippen molar-refractivity contribution in [1.82, 2.24) is 24.8 Å². The summed E-state index contributed by atoms with van der Waals surface area (Å²) in [5, 5.41) is 4.34. The fourth-order valence-electron chi connectivity index (χ4n) is 4.30. The van der Waals surface area contributed by atoms with E-state index in [0.29, 0.717) is 5.92 Å². The Morgan fingerprint density at radius 3 is 2.62 bits per heavy atom. The second-order valence-electron chi connectivity index (χ2n) is 8.05. The molecule has 29 heavy (non-hydrogen) atoms. The third kappa shape index (κ3) is 3.65. The number of aryl methyl sites for hydroxylation is 1. The first kappa shape index (κ1) is 19.6. The Labute approximate surface area is 177 Å². The molecule has 150 valence electrons. The van der Waals surface area contributed by atoms with Gasteiger partial charge in [-0.05, 0) is 67.9 Å². The molecular weight excluding hydrogens is 378 g/mol. The number of pyridine rings is 2. The summed E-state index contributed by atoms with van der Waals surface area (Å²) in [4.78, 5) is 11.3. The largest absolute Gasteiger partial charge is 0.352 e. The number of hydrogen-bond donors (Lipinski definition) is 1. The van der Waals surface area contributed by atoms with Crippen LogP contribution in [0.3, 0.4) is 0 Å². The Bertz CT molecular complexity index is 997. The van der Waals surface area contributed by atoms with Crippen LogP contribution in [0, 0.1) is 19.8 Å². The van der Waals surface area contributed by atoms with Gasteiger partial charge in [0.15, 0.2) is 5.11 Å². The number of rotatable bonds is 5. The summed E-state index contributed by atoms with van der Waals surface area (Å²) in [6.45, 7) is 9.68. The molecule has 0 bridgehead atoms. The molecule has 0 amide bonds. The lowest BCUT2D eigenvalue weighted by atomic mass is 9.96. The van der Waals surface area contributed by atoms with E-state index in [2.05, 4.69) is 70.6 Å². The summed E-state index contributed by atoms with van der Waals surface area (Å²) in [7, 11) is 0. The molecule has 0 spiro atoms. The zero-order chi connectivity index (χ0) is 20.5. The predicted molar refractivity (Wildman–Crippen MR) is 120 cm³/mol. The Kier molecular flexibility index (Phi) is 5.37. The van der Waals surface area contributed by atoms with Gasteiger partial charge in [-0.15, -0.1) is 0 Å². The minimum Gasteiger partial charge on any atom is -0.352 e. The van der Waals surface area contributed by atoms with Gasteiger partial charge in [0.05, 0.1) is 29.7 Å². The highest BCUT2D eigenvalue weighted by atomic mass is 32.1. The molecule has 4 heterocycles. The Morgan fingerprint density at radius 2 is 1.97 bits per heavy atom. The van der Waals surface area contributed by atoms with Crippen LogP contribution in [-0.2, 0) is 0 Å². The van der Waals surface area contributed by atoms with E-state index < -0.39 is 0 Å². The first-order chi connectivity index (χ1) is 14.0. The van der Waals surface area contributed by atoms with Crippen LogP contribution < -0.4 is 5.32 Å². The molecule has 0 aliphatic carbocycles. The van der Waals surface area contributed by atoms with Crippen LogP contribution in [0.1, 0.15) is 48.6 Å². The van der Waals surface area contributed by atoms with Crippen LogP contribution in [0.2, 0.25) is 0 Å². The lowest BCUT2D eigenvalue weighted by molar-refractivity contribution is 0.287. The Balaban J connectivity index is 1.83. The van der Waals surface area contributed by atoms with Crippen molar-refractivity contribution in [2.75, 3.05) is 6.54 Å². The average molecular weight is 406 g/mol. The SMILES string of the molecule is Cc1cc([C@@H]2[C@H](c3ccccn3)NC(=S)N2CC(C)C)c(C)n1-c1cccnc1. The van der Waals surface area contributed by atoms with Crippen LogP contribution in [0.25, 0.3) is 5.69 Å². The fourth-order valence-corrected chi connectivity index (χ4v) is 4.62. The van der Waals surface area contributed by atoms with E-state index >= 15 is 0 Å². The summed E-state index contributed by atoms with van der Waals surface area (Å²) in [5.74, 6) is 0.501. The molecule has 5 nitrogen and oxygen atoms in total. The van der Waals surface area contributed by atoms with Crippen molar-refractivity contribution < 1.29 is 0 Å². The van der Waals surface area contributed by atoms with Gasteiger partial charge < -0.3 is 14.8 Å². The molecule has 1 fully saturated rings. The Hall–Kier alpha value is -2.73. The lowest BCUT2D eigenvalue weighted by Crippen LogP contribution is -2.33. The molecule has 1 N–H and O–H groups in total. The maximum Gasteiger partial charge on any atom is 0.170 e. The standard InChI is InChI=1S/C23H27N5S/c1-15(2)14-27-22(21(26-23(27)29)20-9-5-6-11-25-20)19-12-16(3)28(17(19)4)18-8-7-10-24-13-18/h5-13,15,21-22H,14H2,1-4H3,(H,26,29)/t21-,22+/m0/s1. The van der Waals surface area contributed by atoms with Gasteiger partial charge in [-0.1, -0.05) is 19.9 Å². The maximum absolute atomic E-state index is 5.76. The second kappa shape index (κ2) is 7.95. The van der Waals surface area contributed by atoms with Crippen LogP contribution in [0.15, 0.2) is 55.0 Å². The summed E-state index contributed by atoms with van der Waals surface area (Å²) in [6.07, 6.45) is 5.56. The van der Waals surface area contributed by atoms with E-state index in [1.54, 1.807) is 6.20 Å². The molecule has 0 aromatic carbocycles. The van der Waals surface area contributed by atoms with E-state index in [9.17, 15) is 0 Å². The Morgan fingerprint density at radius 1 is 1.14 bits per heavy atom. The fraction of sp³-hybridized carbons (Fsp3) is 0.348. The van der Waals surface area contributed by atoms with Crippen molar-refractivity contribution in [3.05, 3.63) is 77.6 Å². The van der Waals surface area contributed by atoms with Gasteiger partial charge in [-0.2, -0.15) is 0 Å². The number of aromatic nitrogens is 3. The summed E-state index contributed by atoms with van der Waals surface area (Å²) in [6, 6.07) is 12.5. The molecule has 6 heteroatoms. The van der Waals surface area contributed by atoms with Crippen LogP contribution in [0.5, 0.6) is 0 Å². The molecule has 1 aliphatic heterocycles. The smallest absolute Gasteiger partial charge is 0.170 e. The van der Waals surface area contributed by atoms with Crippen LogP contribution >= 0.6 is 12.2 Å². The normalized spacial score (nSPS) is 19.1. The van der Waals surface area contributed by atoms with Crippen molar-refractivity contribution in [1.29, 1.82) is 0 Å². The lowest BCUT2D eigenvalue weighted by Gasteiger charge is -2.29. The first-order valence-electron chi connectivity index (χ1n) is 10.0. The summed E-state index contributed by atoms with van der Waals surface area (Å²) in [5.41, 5.74) is 5.76. The van der Waals surface area contributed by atoms with Gasteiger partial charge in [0.1, 0.15) is 0 Å². The molecule has 0 unspecified atom stereocenters. The monoisotopic (exact) mass is 405 g/mol. The molecule has 0 saturated carbocycles. The zero-order valence-electron chi connectivity index (χ0n) is 17.3. The topological polar surface area (TPSA) is 46.0 Å². The predicted octanol–water partition coefficient (Wildman–Crippen LogP) is 4.51. The molecule has 3 aromatic rings. The molecule has 1 saturated heterocycles. The highest BCUT2D eigenvalue weighted by molar-refractivity contribution is 7.80. The molecule has 4 rings (SSSR count). The molecule has 2 atom stereocenters. The number of nitrogens with one attached hydrogen (secondary N) is 1. The van der Waals surface area contributed by atoms with Crippen LogP contribution in [-0.4, -0.2) is 31.1 Å². The van der Waals surface area contributed by atoms with Gasteiger partial charge in [0.2, 0.25) is 0 Å². The number of hydrogen-bond acceptors (Lipinski definition) is 3. The van der Waals surface area contributed by atoms with Gasteiger partial charge in [0.25, 0.3) is 0 Å². The average Bonchev–Trinajstić information content (AvgIpc) is 3.18. The summed E-state index contributed by atoms with van der Waals surface area (Å²) < 4.78 is 2.27. The molecule has 3 aromatic heterocycles. The van der Waals surface area contributed by atoms with E-state index in [0.717, 1.165) is 23.0 Å². The van der Waals surface area contributed by atoms with Crippen LogP contribution in [0.4, 0.5) is 0 Å². The molecular formula is C23H27N5S. The van der Waals surface area contributed by atoms with Crippen molar-refractivity contribution in [3.63, 3.8) is 0 Å². The molecule has 0 radical (unpaired) electrons. The highest BCUT2D eigenvalue weighted by Gasteiger charge is 2.41. The maximum atomic E-state index is 5.76. The molecule has 1 aliphatic rings. The summed E-state index contributed by atoms with van der Waals surface area (Å²) >= 11 is 5.76. The number of nitrogens with zero attached hydrogens (tertiary/aromatic N) is 4. The van der Waals surface area contributed by atoms with E-state index in [1.165, 1.54) is 17.0 Å². The van der Waals surface area contributed by atoms with E-state index in [4.69, 9.17) is 12.2 Å². The van der Waals surface area contributed by atoms with Gasteiger partial charge in [0, 0.05) is 30.3 Å². The van der Waals surface area contributed by atoms with Crippen molar-refractivity contribution in [3.8, 4) is 5.69 Å². The van der Waals surface area contributed by atoms with Gasteiger partial charge in [-0.3, -0.25) is 9.97 Å². The van der Waals surface area contributed by atoms with E-state index in [-0.39, 0.29) is 12.1 Å². The number of thiocarbonyl (C=S) groups is 1. The third-order valence-corrected chi connectivity index (χ3v) is 5.81. The van der Waals surface area contributed by atoms with Crippen molar-refractivity contribution in [2.24, 2.45) is 5.92 Å². The quantitative estimate of drug-likeness (QED) is 0.633. The van der Waals surface area contributed by atoms with Gasteiger partial charge in [-0.25, -0.2) is 0 Å². The highest BCUT2D eigenvalue weighted by Crippen LogP contribution is 2.41. The van der Waals surface area contributed by atoms with Crippen molar-refractivity contribution in [2.45, 2.75) is 39.8 Å².